The molecule has 7 heteroatoms. The fourth-order valence-corrected chi connectivity index (χ4v) is 1.11. The van der Waals surface area contributed by atoms with Gasteiger partial charge in [-0.05, 0) is 20.4 Å². The Morgan fingerprint density at radius 3 is 2.47 bits per heavy atom. The molecule has 102 valence electrons. The predicted octanol–water partition coefficient (Wildman–Crippen LogP) is 1.50. The highest BCUT2D eigenvalue weighted by Gasteiger charge is 2.26. The molecular formula is C10H18F3NO3. The molecule has 0 saturated carbocycles. The number of ether oxygens (including phenoxy) is 2. The van der Waals surface area contributed by atoms with E-state index in [9.17, 15) is 18.0 Å². The molecule has 0 aliphatic carbocycles. The highest BCUT2D eigenvalue weighted by molar-refractivity contribution is 5.75. The van der Waals surface area contributed by atoms with E-state index >= 15 is 0 Å². The third kappa shape index (κ3) is 8.93. The van der Waals surface area contributed by atoms with Gasteiger partial charge in [0, 0.05) is 6.61 Å². The summed E-state index contributed by atoms with van der Waals surface area (Å²) in [6.45, 7) is 1.65. The zero-order valence-electron chi connectivity index (χ0n) is 9.97. The summed E-state index contributed by atoms with van der Waals surface area (Å²) in [6, 6.07) is -0.541. The van der Waals surface area contributed by atoms with Gasteiger partial charge in [-0.2, -0.15) is 13.2 Å². The van der Waals surface area contributed by atoms with Crippen molar-refractivity contribution in [3.8, 4) is 0 Å². The van der Waals surface area contributed by atoms with E-state index < -0.39 is 24.6 Å². The third-order valence-electron chi connectivity index (χ3n) is 2.00. The van der Waals surface area contributed by atoms with Crippen LogP contribution in [0.3, 0.4) is 0 Å². The summed E-state index contributed by atoms with van der Waals surface area (Å²) in [5.74, 6) is -0.422. The molecule has 0 fully saturated rings. The van der Waals surface area contributed by atoms with Gasteiger partial charge in [0.15, 0.2) is 0 Å². The summed E-state index contributed by atoms with van der Waals surface area (Å²) in [4.78, 5) is 11.3. The van der Waals surface area contributed by atoms with Gasteiger partial charge in [0.25, 0.3) is 0 Å². The van der Waals surface area contributed by atoms with Gasteiger partial charge in [0.05, 0.1) is 19.6 Å². The average Bonchev–Trinajstić information content (AvgIpc) is 2.22. The second kappa shape index (κ2) is 8.30. The van der Waals surface area contributed by atoms with Crippen LogP contribution in [0.1, 0.15) is 19.8 Å². The zero-order chi connectivity index (χ0) is 13.3. The quantitative estimate of drug-likeness (QED) is 0.529. The Bertz CT molecular complexity index is 221. The minimum Gasteiger partial charge on any atom is -0.465 e. The molecule has 17 heavy (non-hydrogen) atoms. The van der Waals surface area contributed by atoms with Crippen molar-refractivity contribution in [2.45, 2.75) is 32.0 Å². The van der Waals surface area contributed by atoms with Gasteiger partial charge in [-0.1, -0.05) is 0 Å². The number of nitrogens with one attached hydrogen (secondary N) is 1. The van der Waals surface area contributed by atoms with Crippen LogP contribution in [0, 0.1) is 0 Å². The van der Waals surface area contributed by atoms with Crippen molar-refractivity contribution in [3.63, 3.8) is 0 Å². The van der Waals surface area contributed by atoms with Crippen molar-refractivity contribution >= 4 is 5.97 Å². The van der Waals surface area contributed by atoms with Crippen LogP contribution in [0.5, 0.6) is 0 Å². The molecule has 0 aliphatic heterocycles. The van der Waals surface area contributed by atoms with Crippen LogP contribution >= 0.6 is 0 Å². The first kappa shape index (κ1) is 16.2. The number of hydrogen-bond acceptors (Lipinski definition) is 4. The second-order valence-corrected chi connectivity index (χ2v) is 3.36. The Balaban J connectivity index is 3.67. The molecule has 1 atom stereocenters. The lowest BCUT2D eigenvalue weighted by molar-refractivity contribution is -0.149. The van der Waals surface area contributed by atoms with Crippen LogP contribution in [0.15, 0.2) is 0 Å². The first-order chi connectivity index (χ1) is 7.90. The van der Waals surface area contributed by atoms with E-state index in [0.29, 0.717) is 0 Å². The number of halogens is 3. The highest BCUT2D eigenvalue weighted by atomic mass is 19.4. The molecular weight excluding hydrogens is 239 g/mol. The van der Waals surface area contributed by atoms with Crippen LogP contribution in [0.25, 0.3) is 0 Å². The van der Waals surface area contributed by atoms with E-state index in [1.165, 1.54) is 0 Å². The number of esters is 1. The van der Waals surface area contributed by atoms with Crippen molar-refractivity contribution in [1.82, 2.24) is 5.32 Å². The SMILES string of the molecule is CCOC(=O)C(CCOCCC(F)(F)F)NC. The molecule has 0 saturated heterocycles. The highest BCUT2D eigenvalue weighted by Crippen LogP contribution is 2.18. The van der Waals surface area contributed by atoms with Gasteiger partial charge in [0.1, 0.15) is 6.04 Å². The number of carbonyl (C=O) groups is 1. The smallest absolute Gasteiger partial charge is 0.391 e. The summed E-state index contributed by atoms with van der Waals surface area (Å²) >= 11 is 0. The van der Waals surface area contributed by atoms with Crippen molar-refractivity contribution in [1.29, 1.82) is 0 Å². The molecule has 0 aromatic carbocycles. The zero-order valence-corrected chi connectivity index (χ0v) is 9.97. The molecule has 0 heterocycles. The maximum absolute atomic E-state index is 11.8. The lowest BCUT2D eigenvalue weighted by Crippen LogP contribution is -2.36. The van der Waals surface area contributed by atoms with Crippen LogP contribution < -0.4 is 5.32 Å². The lowest BCUT2D eigenvalue weighted by Gasteiger charge is -2.14. The molecule has 0 amide bonds. The molecule has 0 aromatic heterocycles. The summed E-state index contributed by atoms with van der Waals surface area (Å²) in [5, 5.41) is 2.72. The fourth-order valence-electron chi connectivity index (χ4n) is 1.11. The topological polar surface area (TPSA) is 47.6 Å². The lowest BCUT2D eigenvalue weighted by atomic mass is 10.2. The van der Waals surface area contributed by atoms with E-state index in [1.54, 1.807) is 14.0 Å². The van der Waals surface area contributed by atoms with Gasteiger partial charge in [0.2, 0.25) is 0 Å². The number of alkyl halides is 3. The number of rotatable bonds is 8. The molecule has 0 rings (SSSR count). The average molecular weight is 257 g/mol. The third-order valence-corrected chi connectivity index (χ3v) is 2.00. The first-order valence-electron chi connectivity index (χ1n) is 5.39. The minimum absolute atomic E-state index is 0.0837. The summed E-state index contributed by atoms with van der Waals surface area (Å²) in [7, 11) is 1.58. The van der Waals surface area contributed by atoms with Crippen molar-refractivity contribution in [2.75, 3.05) is 26.9 Å². The Kier molecular flexibility index (Phi) is 7.90. The van der Waals surface area contributed by atoms with Crippen LogP contribution in [-0.4, -0.2) is 45.1 Å². The summed E-state index contributed by atoms with van der Waals surface area (Å²) in [5.41, 5.74) is 0. The first-order valence-corrected chi connectivity index (χ1v) is 5.39. The van der Waals surface area contributed by atoms with Crippen molar-refractivity contribution < 1.29 is 27.4 Å². The predicted molar refractivity (Wildman–Crippen MR) is 55.6 cm³/mol. The Morgan fingerprint density at radius 2 is 2.00 bits per heavy atom. The number of carbonyl (C=O) groups excluding carboxylic acids is 1. The Morgan fingerprint density at radius 1 is 1.35 bits per heavy atom. The molecule has 0 spiro atoms. The molecule has 0 aromatic rings. The summed E-state index contributed by atoms with van der Waals surface area (Å²) in [6.07, 6.45) is -4.90. The number of likely N-dealkylation sites (N-methyl/N-ethyl adjacent to an activating group) is 1. The molecule has 1 unspecified atom stereocenters. The van der Waals surface area contributed by atoms with Crippen LogP contribution in [0.4, 0.5) is 13.2 Å². The monoisotopic (exact) mass is 257 g/mol. The van der Waals surface area contributed by atoms with Gasteiger partial charge in [-0.15, -0.1) is 0 Å². The van der Waals surface area contributed by atoms with E-state index in [1.807, 2.05) is 0 Å². The molecule has 0 bridgehead atoms. The largest absolute Gasteiger partial charge is 0.465 e. The standard InChI is InChI=1S/C10H18F3NO3/c1-3-17-9(15)8(14-2)4-6-16-7-5-10(11,12)13/h8,14H,3-7H2,1-2H3. The summed E-state index contributed by atoms with van der Waals surface area (Å²) < 4.78 is 44.9. The van der Waals surface area contributed by atoms with Gasteiger partial charge < -0.3 is 14.8 Å². The maximum Gasteiger partial charge on any atom is 0.391 e. The molecule has 0 radical (unpaired) electrons. The Hall–Kier alpha value is -0.820. The van der Waals surface area contributed by atoms with Gasteiger partial charge >= 0.3 is 12.1 Å². The normalized spacial score (nSPS) is 13.5. The van der Waals surface area contributed by atoms with E-state index in [2.05, 4.69) is 5.32 Å². The fraction of sp³-hybridized carbons (Fsp3) is 0.900. The van der Waals surface area contributed by atoms with E-state index in [0.717, 1.165) is 0 Å². The van der Waals surface area contributed by atoms with Crippen molar-refractivity contribution in [3.05, 3.63) is 0 Å². The van der Waals surface area contributed by atoms with Gasteiger partial charge in [-0.3, -0.25) is 4.79 Å². The molecule has 0 aliphatic rings. The van der Waals surface area contributed by atoms with Crippen LogP contribution in [0.2, 0.25) is 0 Å². The molecule has 1 N–H and O–H groups in total. The molecule has 4 nitrogen and oxygen atoms in total. The van der Waals surface area contributed by atoms with Crippen LogP contribution in [-0.2, 0) is 14.3 Å². The Labute approximate surface area is 98.5 Å². The van der Waals surface area contributed by atoms with E-state index in [-0.39, 0.29) is 26.2 Å². The second-order valence-electron chi connectivity index (χ2n) is 3.36. The minimum atomic E-state index is -4.20. The number of hydrogen-bond donors (Lipinski definition) is 1. The maximum atomic E-state index is 11.8. The van der Waals surface area contributed by atoms with Gasteiger partial charge in [-0.25, -0.2) is 0 Å². The van der Waals surface area contributed by atoms with Crippen molar-refractivity contribution in [2.24, 2.45) is 0 Å². The van der Waals surface area contributed by atoms with E-state index in [4.69, 9.17) is 9.47 Å².